The van der Waals surface area contributed by atoms with Crippen LogP contribution >= 0.6 is 23.4 Å². The summed E-state index contributed by atoms with van der Waals surface area (Å²) in [4.78, 5) is 8.78. The molecule has 25 heavy (non-hydrogen) atoms. The highest BCUT2D eigenvalue weighted by molar-refractivity contribution is 7.98. The lowest BCUT2D eigenvalue weighted by Gasteiger charge is -2.09. The summed E-state index contributed by atoms with van der Waals surface area (Å²) in [7, 11) is 0. The van der Waals surface area contributed by atoms with Crippen molar-refractivity contribution in [2.75, 3.05) is 0 Å². The zero-order valence-electron chi connectivity index (χ0n) is 13.8. The molecule has 0 bridgehead atoms. The van der Waals surface area contributed by atoms with Crippen molar-refractivity contribution in [3.63, 3.8) is 0 Å². The van der Waals surface area contributed by atoms with Gasteiger partial charge in [0.2, 0.25) is 5.88 Å². The van der Waals surface area contributed by atoms with Crippen molar-refractivity contribution in [2.24, 2.45) is 0 Å². The molecule has 0 aliphatic heterocycles. The van der Waals surface area contributed by atoms with Crippen LogP contribution in [-0.2, 0) is 5.75 Å². The van der Waals surface area contributed by atoms with E-state index in [1.807, 2.05) is 26.0 Å². The Morgan fingerprint density at radius 1 is 1.08 bits per heavy atom. The Morgan fingerprint density at radius 2 is 1.88 bits per heavy atom. The van der Waals surface area contributed by atoms with E-state index in [0.717, 1.165) is 11.3 Å². The third-order valence-corrected chi connectivity index (χ3v) is 4.80. The second-order valence-electron chi connectivity index (χ2n) is 5.52. The molecule has 0 unspecified atom stereocenters. The number of benzene rings is 2. The minimum absolute atomic E-state index is 0.226. The molecule has 3 nitrogen and oxygen atoms in total. The number of aryl methyl sites for hydroxylation is 2. The molecule has 6 heteroatoms. The Hall–Kier alpha value is -2.11. The molecule has 0 N–H and O–H groups in total. The van der Waals surface area contributed by atoms with Crippen molar-refractivity contribution in [3.8, 4) is 11.6 Å². The van der Waals surface area contributed by atoms with Crippen molar-refractivity contribution < 1.29 is 9.13 Å². The fourth-order valence-corrected chi connectivity index (χ4v) is 3.19. The van der Waals surface area contributed by atoms with Gasteiger partial charge in [0.25, 0.3) is 0 Å². The van der Waals surface area contributed by atoms with E-state index in [2.05, 4.69) is 9.97 Å². The van der Waals surface area contributed by atoms with E-state index in [4.69, 9.17) is 16.3 Å². The molecule has 128 valence electrons. The van der Waals surface area contributed by atoms with Crippen molar-refractivity contribution in [1.29, 1.82) is 0 Å². The van der Waals surface area contributed by atoms with Crippen LogP contribution in [0.5, 0.6) is 11.6 Å². The fourth-order valence-electron chi connectivity index (χ4n) is 2.19. The first-order valence-corrected chi connectivity index (χ1v) is 9.03. The third kappa shape index (κ3) is 4.71. The molecule has 1 aromatic heterocycles. The normalized spacial score (nSPS) is 10.7. The highest BCUT2D eigenvalue weighted by Gasteiger charge is 2.08. The van der Waals surface area contributed by atoms with Crippen molar-refractivity contribution in [3.05, 3.63) is 76.2 Å². The summed E-state index contributed by atoms with van der Waals surface area (Å²) in [5, 5.41) is 1.23. The van der Waals surface area contributed by atoms with Gasteiger partial charge in [-0.25, -0.2) is 9.37 Å². The second-order valence-corrected chi connectivity index (χ2v) is 6.87. The number of hydrogen-bond acceptors (Lipinski definition) is 4. The largest absolute Gasteiger partial charge is 0.439 e. The van der Waals surface area contributed by atoms with Crippen LogP contribution in [-0.4, -0.2) is 9.97 Å². The monoisotopic (exact) mass is 374 g/mol. The molecule has 0 saturated carbocycles. The summed E-state index contributed by atoms with van der Waals surface area (Å²) in [5.74, 6) is 1.33. The van der Waals surface area contributed by atoms with E-state index in [0.29, 0.717) is 33.1 Å². The van der Waals surface area contributed by atoms with Crippen LogP contribution in [0.25, 0.3) is 0 Å². The average Bonchev–Trinajstić information content (AvgIpc) is 2.57. The van der Waals surface area contributed by atoms with E-state index in [9.17, 15) is 4.39 Å². The van der Waals surface area contributed by atoms with Crippen molar-refractivity contribution in [2.45, 2.75) is 24.8 Å². The first-order chi connectivity index (χ1) is 12.0. The highest BCUT2D eigenvalue weighted by Crippen LogP contribution is 2.27. The first-order valence-electron chi connectivity index (χ1n) is 7.67. The number of halogens is 2. The minimum atomic E-state index is -0.226. The van der Waals surface area contributed by atoms with Crippen LogP contribution in [0, 0.1) is 19.7 Å². The van der Waals surface area contributed by atoms with Crippen LogP contribution in [0.4, 0.5) is 4.39 Å². The van der Waals surface area contributed by atoms with Gasteiger partial charge in [-0.15, -0.1) is 0 Å². The Morgan fingerprint density at radius 3 is 2.64 bits per heavy atom. The minimum Gasteiger partial charge on any atom is -0.439 e. The maximum Gasteiger partial charge on any atom is 0.223 e. The predicted octanol–water partition coefficient (Wildman–Crippen LogP) is 5.97. The van der Waals surface area contributed by atoms with Crippen LogP contribution in [0.1, 0.15) is 16.8 Å². The maximum absolute atomic E-state index is 13.7. The van der Waals surface area contributed by atoms with Gasteiger partial charge in [-0.1, -0.05) is 41.6 Å². The highest BCUT2D eigenvalue weighted by atomic mass is 35.5. The van der Waals surface area contributed by atoms with E-state index in [-0.39, 0.29) is 5.82 Å². The molecule has 0 atom stereocenters. The van der Waals surface area contributed by atoms with Gasteiger partial charge in [0.1, 0.15) is 11.6 Å². The average molecular weight is 375 g/mol. The molecule has 0 aliphatic rings. The summed E-state index contributed by atoms with van der Waals surface area (Å²) in [6, 6.07) is 13.9. The maximum atomic E-state index is 13.7. The molecule has 0 spiro atoms. The summed E-state index contributed by atoms with van der Waals surface area (Å²) in [6.45, 7) is 3.78. The van der Waals surface area contributed by atoms with Gasteiger partial charge in [0.15, 0.2) is 5.16 Å². The van der Waals surface area contributed by atoms with Crippen LogP contribution < -0.4 is 4.74 Å². The zero-order valence-corrected chi connectivity index (χ0v) is 15.4. The van der Waals surface area contributed by atoms with Crippen molar-refractivity contribution >= 4 is 23.4 Å². The SMILES string of the molecule is Cc1cc(Oc2ccc(Cl)c(C)c2)nc(SCc2ccccc2F)n1. The summed E-state index contributed by atoms with van der Waals surface area (Å²) in [5.41, 5.74) is 2.33. The van der Waals surface area contributed by atoms with E-state index in [1.165, 1.54) is 17.8 Å². The number of aromatic nitrogens is 2. The number of nitrogens with zero attached hydrogens (tertiary/aromatic N) is 2. The molecule has 2 aromatic carbocycles. The molecule has 0 fully saturated rings. The Kier molecular flexibility index (Phi) is 5.56. The Labute approximate surface area is 155 Å². The molecule has 1 heterocycles. The standard InChI is InChI=1S/C19H16ClFN2OS/c1-12-9-15(7-8-16(12)20)24-18-10-13(2)22-19(23-18)25-11-14-5-3-4-6-17(14)21/h3-10H,11H2,1-2H3. The van der Waals surface area contributed by atoms with Gasteiger partial charge < -0.3 is 4.74 Å². The lowest BCUT2D eigenvalue weighted by molar-refractivity contribution is 0.454. The van der Waals surface area contributed by atoms with Gasteiger partial charge in [-0.2, -0.15) is 4.98 Å². The molecule has 0 amide bonds. The van der Waals surface area contributed by atoms with E-state index >= 15 is 0 Å². The Bertz CT molecular complexity index is 904. The molecule has 0 radical (unpaired) electrons. The molecule has 0 saturated heterocycles. The first kappa shape index (κ1) is 17.7. The lowest BCUT2D eigenvalue weighted by Crippen LogP contribution is -1.96. The lowest BCUT2D eigenvalue weighted by atomic mass is 10.2. The van der Waals surface area contributed by atoms with Gasteiger partial charge >= 0.3 is 0 Å². The molecule has 0 aliphatic carbocycles. The van der Waals surface area contributed by atoms with Gasteiger partial charge in [0.05, 0.1) is 0 Å². The van der Waals surface area contributed by atoms with E-state index in [1.54, 1.807) is 30.3 Å². The molecular formula is C19H16ClFN2OS. The van der Waals surface area contributed by atoms with Gasteiger partial charge in [0, 0.05) is 22.5 Å². The quantitative estimate of drug-likeness (QED) is 0.407. The number of thioether (sulfide) groups is 1. The topological polar surface area (TPSA) is 35.0 Å². The number of ether oxygens (including phenoxy) is 1. The predicted molar refractivity (Wildman–Crippen MR) is 99.0 cm³/mol. The smallest absolute Gasteiger partial charge is 0.223 e. The Balaban J connectivity index is 1.76. The third-order valence-electron chi connectivity index (χ3n) is 3.48. The summed E-state index contributed by atoms with van der Waals surface area (Å²) in [6.07, 6.45) is 0. The summed E-state index contributed by atoms with van der Waals surface area (Å²) >= 11 is 7.40. The summed E-state index contributed by atoms with van der Waals surface area (Å²) < 4.78 is 19.5. The van der Waals surface area contributed by atoms with Crippen molar-refractivity contribution in [1.82, 2.24) is 9.97 Å². The van der Waals surface area contributed by atoms with Gasteiger partial charge in [-0.05, 0) is 49.2 Å². The van der Waals surface area contributed by atoms with Crippen LogP contribution in [0.15, 0.2) is 53.7 Å². The molecular weight excluding hydrogens is 359 g/mol. The van der Waals surface area contributed by atoms with E-state index < -0.39 is 0 Å². The zero-order chi connectivity index (χ0) is 17.8. The van der Waals surface area contributed by atoms with Gasteiger partial charge in [-0.3, -0.25) is 0 Å². The fraction of sp³-hybridized carbons (Fsp3) is 0.158. The molecule has 3 aromatic rings. The number of hydrogen-bond donors (Lipinski definition) is 0. The van der Waals surface area contributed by atoms with Crippen LogP contribution in [0.3, 0.4) is 0 Å². The number of rotatable bonds is 5. The molecule has 3 rings (SSSR count). The second kappa shape index (κ2) is 7.85. The van der Waals surface area contributed by atoms with Crippen LogP contribution in [0.2, 0.25) is 5.02 Å².